The third kappa shape index (κ3) is 4.45. The normalized spacial score (nSPS) is 13.2. The minimum atomic E-state index is -0.663. The Labute approximate surface area is 192 Å². The van der Waals surface area contributed by atoms with Crippen LogP contribution in [0.2, 0.25) is 5.02 Å². The van der Waals surface area contributed by atoms with E-state index in [9.17, 15) is 17.5 Å². The molecule has 5 nitrogen and oxygen atoms in total. The molecular formula is C22H19ClF3N3O2S. The third-order valence-electron chi connectivity index (χ3n) is 5.24. The number of aromatic nitrogens is 2. The van der Waals surface area contributed by atoms with Crippen molar-refractivity contribution in [3.63, 3.8) is 0 Å². The molecule has 0 N–H and O–H groups in total. The summed E-state index contributed by atoms with van der Waals surface area (Å²) in [5.41, 5.74) is 2.83. The minimum Gasteiger partial charge on any atom is -0.491 e. The number of hydrogen-bond donors (Lipinski definition) is 0. The molecule has 168 valence electrons. The van der Waals surface area contributed by atoms with Crippen LogP contribution in [0.15, 0.2) is 36.4 Å². The predicted octanol–water partition coefficient (Wildman–Crippen LogP) is 5.21. The summed E-state index contributed by atoms with van der Waals surface area (Å²) in [6, 6.07) is 8.25. The number of nitrogens with zero attached hydrogens (tertiary/aromatic N) is 3. The zero-order chi connectivity index (χ0) is 22.8. The van der Waals surface area contributed by atoms with E-state index in [-0.39, 0.29) is 47.5 Å². The van der Waals surface area contributed by atoms with Gasteiger partial charge in [-0.3, -0.25) is 9.48 Å². The van der Waals surface area contributed by atoms with Crippen LogP contribution in [0.5, 0.6) is 5.75 Å². The Bertz CT molecular complexity index is 1150. The molecule has 0 aliphatic carbocycles. The topological polar surface area (TPSA) is 47.4 Å². The summed E-state index contributed by atoms with van der Waals surface area (Å²) in [6.45, 7) is 0.755. The zero-order valence-corrected chi connectivity index (χ0v) is 18.7. The van der Waals surface area contributed by atoms with Crippen LogP contribution in [0.1, 0.15) is 21.6 Å². The quantitative estimate of drug-likeness (QED) is 0.453. The largest absolute Gasteiger partial charge is 0.491 e. The molecule has 2 aromatic carbocycles. The molecule has 0 bridgehead atoms. The Morgan fingerprint density at radius 2 is 2.00 bits per heavy atom. The van der Waals surface area contributed by atoms with E-state index in [0.29, 0.717) is 35.7 Å². The second kappa shape index (κ2) is 9.46. The number of hydrogen-bond acceptors (Lipinski definition) is 4. The Morgan fingerprint density at radius 1 is 1.25 bits per heavy atom. The van der Waals surface area contributed by atoms with Gasteiger partial charge in [0.25, 0.3) is 5.91 Å². The first kappa shape index (κ1) is 22.5. The zero-order valence-electron chi connectivity index (χ0n) is 17.1. The van der Waals surface area contributed by atoms with E-state index >= 15 is 0 Å². The van der Waals surface area contributed by atoms with Crippen molar-refractivity contribution < 1.29 is 22.2 Å². The van der Waals surface area contributed by atoms with Crippen molar-refractivity contribution in [3.05, 3.63) is 69.9 Å². The molecule has 10 heteroatoms. The molecule has 32 heavy (non-hydrogen) atoms. The maximum atomic E-state index is 13.7. The van der Waals surface area contributed by atoms with Gasteiger partial charge in [0.1, 0.15) is 17.4 Å². The smallest absolute Gasteiger partial charge is 0.255 e. The van der Waals surface area contributed by atoms with Gasteiger partial charge < -0.3 is 9.64 Å². The Morgan fingerprint density at radius 3 is 2.72 bits per heavy atom. The van der Waals surface area contributed by atoms with Crippen molar-refractivity contribution >= 4 is 29.7 Å². The van der Waals surface area contributed by atoms with Crippen LogP contribution in [0.3, 0.4) is 0 Å². The SMILES string of the molecule is Cn1nc2c(c1-c1cc(F)cc(F)c1)CCN(C(=O)c1cccc(OCCSF)c1Cl)C2. The second-order valence-corrected chi connectivity index (χ2v) is 8.32. The van der Waals surface area contributed by atoms with Crippen LogP contribution in [0.25, 0.3) is 11.3 Å². The summed E-state index contributed by atoms with van der Waals surface area (Å²) in [7, 11) is 1.70. The molecule has 1 aliphatic rings. The van der Waals surface area contributed by atoms with Gasteiger partial charge in [-0.1, -0.05) is 17.7 Å². The Hall–Kier alpha value is -2.65. The van der Waals surface area contributed by atoms with E-state index < -0.39 is 11.6 Å². The van der Waals surface area contributed by atoms with Crippen LogP contribution >= 0.6 is 23.7 Å². The van der Waals surface area contributed by atoms with Gasteiger partial charge in [-0.25, -0.2) is 8.78 Å². The molecular weight excluding hydrogens is 463 g/mol. The lowest BCUT2D eigenvalue weighted by Gasteiger charge is -2.27. The predicted molar refractivity (Wildman–Crippen MR) is 118 cm³/mol. The van der Waals surface area contributed by atoms with Gasteiger partial charge in [0.2, 0.25) is 0 Å². The maximum absolute atomic E-state index is 13.7. The highest BCUT2D eigenvalue weighted by atomic mass is 35.5. The van der Waals surface area contributed by atoms with E-state index in [1.807, 2.05) is 0 Å². The lowest BCUT2D eigenvalue weighted by atomic mass is 9.99. The number of amides is 1. The summed E-state index contributed by atoms with van der Waals surface area (Å²) in [5.74, 6) is -1.14. The monoisotopic (exact) mass is 481 g/mol. The highest BCUT2D eigenvalue weighted by Crippen LogP contribution is 2.33. The van der Waals surface area contributed by atoms with Crippen molar-refractivity contribution in [1.29, 1.82) is 0 Å². The Balaban J connectivity index is 1.58. The van der Waals surface area contributed by atoms with Crippen LogP contribution < -0.4 is 4.74 Å². The van der Waals surface area contributed by atoms with Crippen molar-refractivity contribution in [2.45, 2.75) is 13.0 Å². The minimum absolute atomic E-state index is 0.128. The van der Waals surface area contributed by atoms with Crippen LogP contribution in [0.4, 0.5) is 12.7 Å². The number of benzene rings is 2. The van der Waals surface area contributed by atoms with E-state index in [1.165, 1.54) is 12.1 Å². The molecule has 1 amide bonds. The maximum Gasteiger partial charge on any atom is 0.255 e. The second-order valence-electron chi connectivity index (χ2n) is 7.31. The molecule has 0 spiro atoms. The summed E-state index contributed by atoms with van der Waals surface area (Å²) in [5, 5.41) is 4.66. The van der Waals surface area contributed by atoms with E-state index in [2.05, 4.69) is 5.10 Å². The molecule has 4 rings (SSSR count). The molecule has 0 atom stereocenters. The Kier molecular flexibility index (Phi) is 6.66. The lowest BCUT2D eigenvalue weighted by Crippen LogP contribution is -2.36. The fraction of sp³-hybridized carbons (Fsp3) is 0.273. The first-order valence-corrected chi connectivity index (χ1v) is 11.1. The number of rotatable bonds is 6. The summed E-state index contributed by atoms with van der Waals surface area (Å²) in [4.78, 5) is 14.8. The van der Waals surface area contributed by atoms with Gasteiger partial charge in [0.05, 0.1) is 40.9 Å². The van der Waals surface area contributed by atoms with E-state index in [1.54, 1.807) is 34.8 Å². The van der Waals surface area contributed by atoms with Crippen LogP contribution in [0, 0.1) is 11.6 Å². The highest BCUT2D eigenvalue weighted by molar-refractivity contribution is 7.94. The summed E-state index contributed by atoms with van der Waals surface area (Å²) in [6.07, 6.45) is 0.476. The lowest BCUT2D eigenvalue weighted by molar-refractivity contribution is 0.0732. The highest BCUT2D eigenvalue weighted by Gasteiger charge is 2.29. The average Bonchev–Trinajstić information content (AvgIpc) is 3.08. The number of ether oxygens (including phenoxy) is 1. The summed E-state index contributed by atoms with van der Waals surface area (Å²) >= 11 is 6.54. The van der Waals surface area contributed by atoms with E-state index in [4.69, 9.17) is 16.3 Å². The molecule has 0 saturated carbocycles. The van der Waals surface area contributed by atoms with Gasteiger partial charge in [-0.05, 0) is 30.7 Å². The molecule has 0 radical (unpaired) electrons. The number of halogens is 4. The van der Waals surface area contributed by atoms with Crippen molar-refractivity contribution in [1.82, 2.24) is 14.7 Å². The first-order valence-electron chi connectivity index (χ1n) is 9.84. The molecule has 0 fully saturated rings. The first-order chi connectivity index (χ1) is 15.4. The fourth-order valence-electron chi connectivity index (χ4n) is 3.89. The van der Waals surface area contributed by atoms with Crippen LogP contribution in [-0.4, -0.2) is 39.5 Å². The number of aryl methyl sites for hydroxylation is 1. The molecule has 2 heterocycles. The van der Waals surface area contributed by atoms with Gasteiger partial charge in [-0.15, -0.1) is 0 Å². The number of fused-ring (bicyclic) bond motifs is 1. The van der Waals surface area contributed by atoms with Gasteiger partial charge in [0, 0.05) is 42.9 Å². The molecule has 3 aromatic rings. The van der Waals surface area contributed by atoms with Crippen LogP contribution in [-0.2, 0) is 20.0 Å². The van der Waals surface area contributed by atoms with E-state index in [0.717, 1.165) is 11.6 Å². The fourth-order valence-corrected chi connectivity index (χ4v) is 4.29. The number of carbonyl (C=O) groups is 1. The van der Waals surface area contributed by atoms with Crippen molar-refractivity contribution in [2.24, 2.45) is 7.05 Å². The van der Waals surface area contributed by atoms with Gasteiger partial charge in [0.15, 0.2) is 0 Å². The van der Waals surface area contributed by atoms with Gasteiger partial charge >= 0.3 is 0 Å². The standard InChI is InChI=1S/C22H19ClF3N3O2S/c1-28-21(13-9-14(24)11-15(25)10-13)16-5-6-29(12-18(16)27-28)22(30)17-3-2-4-19(20(17)23)31-7-8-32-26/h2-4,9-11H,5-8,12H2,1H3. The molecule has 1 aromatic heterocycles. The van der Waals surface area contributed by atoms with Crippen molar-refractivity contribution in [2.75, 3.05) is 18.9 Å². The molecule has 0 unspecified atom stereocenters. The van der Waals surface area contributed by atoms with Gasteiger partial charge in [-0.2, -0.15) is 8.98 Å². The molecule has 1 aliphatic heterocycles. The third-order valence-corrected chi connectivity index (χ3v) is 5.95. The number of carbonyl (C=O) groups excluding carboxylic acids is 1. The van der Waals surface area contributed by atoms with Crippen molar-refractivity contribution in [3.8, 4) is 17.0 Å². The molecule has 0 saturated heterocycles. The average molecular weight is 482 g/mol. The summed E-state index contributed by atoms with van der Waals surface area (Å²) < 4.78 is 46.8.